The van der Waals surface area contributed by atoms with Crippen LogP contribution < -0.4 is 5.32 Å². The van der Waals surface area contributed by atoms with E-state index in [1.54, 1.807) is 37.5 Å². The molecule has 0 fully saturated rings. The Hall–Kier alpha value is -3.00. The van der Waals surface area contributed by atoms with Gasteiger partial charge in [-0.3, -0.25) is 14.3 Å². The first kappa shape index (κ1) is 19.8. The number of rotatable bonds is 8. The van der Waals surface area contributed by atoms with Crippen molar-refractivity contribution in [3.05, 3.63) is 72.3 Å². The van der Waals surface area contributed by atoms with Gasteiger partial charge in [-0.2, -0.15) is 0 Å². The molecule has 2 heterocycles. The molecule has 3 aromatic rings. The van der Waals surface area contributed by atoms with E-state index in [0.29, 0.717) is 29.6 Å². The molecule has 3 rings (SSSR count). The lowest BCUT2D eigenvalue weighted by Gasteiger charge is -2.08. The molecule has 8 heteroatoms. The monoisotopic (exact) mass is 397 g/mol. The van der Waals surface area contributed by atoms with Gasteiger partial charge in [0.25, 0.3) is 0 Å². The van der Waals surface area contributed by atoms with Crippen LogP contribution >= 0.6 is 11.8 Å². The minimum absolute atomic E-state index is 0.134. The Morgan fingerprint density at radius 1 is 1.29 bits per heavy atom. The summed E-state index contributed by atoms with van der Waals surface area (Å²) >= 11 is 1.31. The highest BCUT2D eigenvalue weighted by molar-refractivity contribution is 7.99. The zero-order valence-electron chi connectivity index (χ0n) is 15.4. The topological polar surface area (TPSA) is 72.7 Å². The van der Waals surface area contributed by atoms with E-state index < -0.39 is 0 Å². The number of aromatic nitrogens is 4. The van der Waals surface area contributed by atoms with Crippen molar-refractivity contribution in [2.75, 3.05) is 5.75 Å². The zero-order chi connectivity index (χ0) is 19.9. The van der Waals surface area contributed by atoms with Crippen LogP contribution in [-0.2, 0) is 17.9 Å². The molecule has 0 atom stereocenters. The first-order chi connectivity index (χ1) is 13.6. The Kier molecular flexibility index (Phi) is 6.54. The zero-order valence-corrected chi connectivity index (χ0v) is 16.2. The van der Waals surface area contributed by atoms with Gasteiger partial charge in [-0.25, -0.2) is 4.39 Å². The largest absolute Gasteiger partial charge is 0.351 e. The van der Waals surface area contributed by atoms with Crippen LogP contribution in [0.15, 0.2) is 60.5 Å². The summed E-state index contributed by atoms with van der Waals surface area (Å²) in [5.41, 5.74) is 2.31. The summed E-state index contributed by atoms with van der Waals surface area (Å²) in [5.74, 6) is 0.515. The Labute approximate surface area is 166 Å². The van der Waals surface area contributed by atoms with E-state index >= 15 is 0 Å². The SMILES string of the molecule is C=CCn1c(SCC(=O)NCc2ccc(F)c(C)c2)nnc1-c1ccncc1. The molecule has 0 bridgehead atoms. The number of allylic oxidation sites excluding steroid dienone is 1. The van der Waals surface area contributed by atoms with Crippen LogP contribution in [0, 0.1) is 12.7 Å². The molecule has 0 saturated carbocycles. The summed E-state index contributed by atoms with van der Waals surface area (Å²) < 4.78 is 15.2. The molecule has 2 aromatic heterocycles. The maximum atomic E-state index is 13.3. The molecule has 0 aliphatic heterocycles. The molecule has 1 N–H and O–H groups in total. The van der Waals surface area contributed by atoms with Gasteiger partial charge in [-0.05, 0) is 36.2 Å². The van der Waals surface area contributed by atoms with Gasteiger partial charge < -0.3 is 5.32 Å². The summed E-state index contributed by atoms with van der Waals surface area (Å²) in [6, 6.07) is 8.51. The van der Waals surface area contributed by atoms with Crippen LogP contribution in [0.4, 0.5) is 4.39 Å². The van der Waals surface area contributed by atoms with E-state index in [-0.39, 0.29) is 17.5 Å². The van der Waals surface area contributed by atoms with Crippen LogP contribution in [0.3, 0.4) is 0 Å². The average Bonchev–Trinajstić information content (AvgIpc) is 3.11. The van der Waals surface area contributed by atoms with E-state index in [1.165, 1.54) is 17.8 Å². The van der Waals surface area contributed by atoms with Crippen molar-refractivity contribution in [2.24, 2.45) is 0 Å². The van der Waals surface area contributed by atoms with Gasteiger partial charge in [0.05, 0.1) is 5.75 Å². The summed E-state index contributed by atoms with van der Waals surface area (Å²) in [5, 5.41) is 11.9. The maximum absolute atomic E-state index is 13.3. The third-order valence-corrected chi connectivity index (χ3v) is 4.98. The molecule has 1 aromatic carbocycles. The van der Waals surface area contributed by atoms with Crippen LogP contribution in [0.25, 0.3) is 11.4 Å². The van der Waals surface area contributed by atoms with Crippen molar-refractivity contribution in [3.8, 4) is 11.4 Å². The molecule has 0 aliphatic carbocycles. The van der Waals surface area contributed by atoms with Crippen molar-refractivity contribution in [2.45, 2.75) is 25.2 Å². The van der Waals surface area contributed by atoms with Crippen LogP contribution in [0.2, 0.25) is 0 Å². The summed E-state index contributed by atoms with van der Waals surface area (Å²) in [7, 11) is 0. The average molecular weight is 397 g/mol. The fourth-order valence-electron chi connectivity index (χ4n) is 2.60. The number of hydrogen-bond acceptors (Lipinski definition) is 5. The second kappa shape index (κ2) is 9.27. The van der Waals surface area contributed by atoms with Gasteiger partial charge in [-0.15, -0.1) is 16.8 Å². The van der Waals surface area contributed by atoms with Crippen LogP contribution in [-0.4, -0.2) is 31.4 Å². The third-order valence-electron chi connectivity index (χ3n) is 4.01. The van der Waals surface area contributed by atoms with Gasteiger partial charge in [0.2, 0.25) is 5.91 Å². The predicted octanol–water partition coefficient (Wildman–Crippen LogP) is 3.38. The van der Waals surface area contributed by atoms with Crippen molar-refractivity contribution in [3.63, 3.8) is 0 Å². The fraction of sp³-hybridized carbons (Fsp3) is 0.200. The fourth-order valence-corrected chi connectivity index (χ4v) is 3.38. The second-order valence-electron chi connectivity index (χ2n) is 6.09. The molecule has 144 valence electrons. The highest BCUT2D eigenvalue weighted by Crippen LogP contribution is 2.23. The number of carbonyl (C=O) groups is 1. The van der Waals surface area contributed by atoms with E-state index in [0.717, 1.165) is 11.1 Å². The number of amides is 1. The van der Waals surface area contributed by atoms with E-state index in [9.17, 15) is 9.18 Å². The lowest BCUT2D eigenvalue weighted by molar-refractivity contribution is -0.118. The number of nitrogens with zero attached hydrogens (tertiary/aromatic N) is 4. The third kappa shape index (κ3) is 4.83. The number of aryl methyl sites for hydroxylation is 1. The van der Waals surface area contributed by atoms with Crippen molar-refractivity contribution < 1.29 is 9.18 Å². The minimum atomic E-state index is -0.253. The summed E-state index contributed by atoms with van der Waals surface area (Å²) in [4.78, 5) is 16.2. The van der Waals surface area contributed by atoms with Crippen LogP contribution in [0.1, 0.15) is 11.1 Å². The predicted molar refractivity (Wildman–Crippen MR) is 107 cm³/mol. The van der Waals surface area contributed by atoms with Crippen molar-refractivity contribution in [1.82, 2.24) is 25.1 Å². The molecular formula is C20H20FN5OS. The van der Waals surface area contributed by atoms with Crippen molar-refractivity contribution >= 4 is 17.7 Å². The highest BCUT2D eigenvalue weighted by Gasteiger charge is 2.15. The number of pyridine rings is 1. The molecule has 0 saturated heterocycles. The number of hydrogen-bond donors (Lipinski definition) is 1. The van der Waals surface area contributed by atoms with Crippen LogP contribution in [0.5, 0.6) is 0 Å². The molecule has 0 aliphatic rings. The van der Waals surface area contributed by atoms with Gasteiger partial charge in [0.1, 0.15) is 5.82 Å². The number of thioether (sulfide) groups is 1. The van der Waals surface area contributed by atoms with Crippen molar-refractivity contribution in [1.29, 1.82) is 0 Å². The molecule has 28 heavy (non-hydrogen) atoms. The van der Waals surface area contributed by atoms with Gasteiger partial charge in [-0.1, -0.05) is 30.0 Å². The molecule has 0 radical (unpaired) electrons. The van der Waals surface area contributed by atoms with Gasteiger partial charge in [0, 0.05) is 31.0 Å². The normalized spacial score (nSPS) is 10.6. The Morgan fingerprint density at radius 2 is 2.07 bits per heavy atom. The minimum Gasteiger partial charge on any atom is -0.351 e. The quantitative estimate of drug-likeness (QED) is 0.466. The Morgan fingerprint density at radius 3 is 2.79 bits per heavy atom. The first-order valence-electron chi connectivity index (χ1n) is 8.67. The lowest BCUT2D eigenvalue weighted by Crippen LogP contribution is -2.24. The number of halogens is 1. The molecule has 0 spiro atoms. The molecular weight excluding hydrogens is 377 g/mol. The number of benzene rings is 1. The molecule has 1 amide bonds. The lowest BCUT2D eigenvalue weighted by atomic mass is 10.1. The Balaban J connectivity index is 1.62. The first-order valence-corrected chi connectivity index (χ1v) is 9.66. The molecule has 0 unspecified atom stereocenters. The number of nitrogens with one attached hydrogen (secondary N) is 1. The van der Waals surface area contributed by atoms with E-state index in [2.05, 4.69) is 27.1 Å². The maximum Gasteiger partial charge on any atom is 0.230 e. The van der Waals surface area contributed by atoms with Gasteiger partial charge in [0.15, 0.2) is 11.0 Å². The standard InChI is InChI=1S/C20H20FN5OS/c1-3-10-26-19(16-6-8-22-9-7-16)24-25-20(26)28-13-18(27)23-12-15-4-5-17(21)14(2)11-15/h3-9,11H,1,10,12-13H2,2H3,(H,23,27). The number of carbonyl (C=O) groups excluding carboxylic acids is 1. The second-order valence-corrected chi connectivity index (χ2v) is 7.03. The summed E-state index contributed by atoms with van der Waals surface area (Å²) in [6.45, 7) is 6.36. The highest BCUT2D eigenvalue weighted by atomic mass is 32.2. The smallest absolute Gasteiger partial charge is 0.230 e. The van der Waals surface area contributed by atoms with E-state index in [1.807, 2.05) is 16.7 Å². The summed E-state index contributed by atoms with van der Waals surface area (Å²) in [6.07, 6.45) is 5.15. The molecule has 6 nitrogen and oxygen atoms in total. The van der Waals surface area contributed by atoms with E-state index in [4.69, 9.17) is 0 Å². The van der Waals surface area contributed by atoms with Gasteiger partial charge >= 0.3 is 0 Å². The Bertz CT molecular complexity index is 974.